The van der Waals surface area contributed by atoms with E-state index in [2.05, 4.69) is 5.32 Å². The maximum absolute atomic E-state index is 10.8. The number of nitrogens with zero attached hydrogens (tertiary/aromatic N) is 1. The van der Waals surface area contributed by atoms with Crippen LogP contribution in [0.15, 0.2) is 18.2 Å². The summed E-state index contributed by atoms with van der Waals surface area (Å²) in [6, 6.07) is 4.30. The smallest absolute Gasteiger partial charge is 0.344 e. The first kappa shape index (κ1) is 15.9. The molecule has 0 heterocycles. The molecule has 0 aliphatic rings. The third kappa shape index (κ3) is 4.51. The van der Waals surface area contributed by atoms with E-state index in [1.165, 1.54) is 25.1 Å². The number of hydrogen-bond donors (Lipinski definition) is 2. The van der Waals surface area contributed by atoms with Gasteiger partial charge < -0.3 is 15.2 Å². The predicted octanol–water partition coefficient (Wildman–Crippen LogP) is 1.94. The first-order valence-electron chi connectivity index (χ1n) is 6.21. The molecule has 1 rings (SSSR count). The molecule has 0 bridgehead atoms. The van der Waals surface area contributed by atoms with Gasteiger partial charge in [0.1, 0.15) is 5.75 Å². The minimum atomic E-state index is -1.09. The van der Waals surface area contributed by atoms with E-state index in [4.69, 9.17) is 9.84 Å². The van der Waals surface area contributed by atoms with E-state index in [0.29, 0.717) is 17.9 Å². The zero-order valence-electron chi connectivity index (χ0n) is 11.6. The van der Waals surface area contributed by atoms with E-state index in [1.807, 2.05) is 13.8 Å². The van der Waals surface area contributed by atoms with Crippen LogP contribution in [0.25, 0.3) is 0 Å². The summed E-state index contributed by atoms with van der Waals surface area (Å²) in [6.45, 7) is 5.65. The number of carboxylic acid groups (broad SMARTS) is 1. The predicted molar refractivity (Wildman–Crippen MR) is 72.8 cm³/mol. The Morgan fingerprint density at radius 1 is 1.45 bits per heavy atom. The van der Waals surface area contributed by atoms with Gasteiger partial charge in [-0.3, -0.25) is 10.1 Å². The molecule has 0 saturated heterocycles. The van der Waals surface area contributed by atoms with Gasteiger partial charge in [-0.05, 0) is 13.0 Å². The fraction of sp³-hybridized carbons (Fsp3) is 0.462. The summed E-state index contributed by atoms with van der Waals surface area (Å²) in [5, 5.41) is 22.8. The molecule has 0 fully saturated rings. The van der Waals surface area contributed by atoms with Crippen LogP contribution in [0, 0.1) is 10.1 Å². The van der Waals surface area contributed by atoms with Gasteiger partial charge >= 0.3 is 5.97 Å². The average Bonchev–Trinajstić information content (AvgIpc) is 2.36. The number of carboxylic acids is 1. The number of carbonyl (C=O) groups is 1. The minimum absolute atomic E-state index is 0.0547. The Morgan fingerprint density at radius 2 is 2.10 bits per heavy atom. The van der Waals surface area contributed by atoms with E-state index >= 15 is 0 Å². The number of aliphatic carboxylic acids is 1. The van der Waals surface area contributed by atoms with Crippen LogP contribution < -0.4 is 10.1 Å². The quantitative estimate of drug-likeness (QED) is 0.585. The van der Waals surface area contributed by atoms with E-state index < -0.39 is 17.0 Å². The second-order valence-electron chi connectivity index (χ2n) is 4.68. The fourth-order valence-electron chi connectivity index (χ4n) is 1.49. The molecule has 1 unspecified atom stereocenters. The summed E-state index contributed by atoms with van der Waals surface area (Å²) < 4.78 is 5.31. The molecule has 0 aliphatic heterocycles. The fourth-order valence-corrected chi connectivity index (χ4v) is 1.49. The number of nitro groups is 1. The summed E-state index contributed by atoms with van der Waals surface area (Å²) in [6.07, 6.45) is -1.02. The lowest BCUT2D eigenvalue weighted by Crippen LogP contribution is -2.25. The van der Waals surface area contributed by atoms with Crippen LogP contribution in [-0.2, 0) is 11.3 Å². The first-order chi connectivity index (χ1) is 9.31. The van der Waals surface area contributed by atoms with Crippen LogP contribution in [-0.4, -0.2) is 28.1 Å². The van der Waals surface area contributed by atoms with Crippen LogP contribution in [0.5, 0.6) is 5.75 Å². The molecule has 0 aliphatic carbocycles. The standard InChI is InChI=1S/C13H18N2O5/c1-8(2)14-7-10-6-11(15(18)19)4-5-12(10)20-9(3)13(16)17/h4-6,8-9,14H,7H2,1-3H3,(H,16,17). The highest BCUT2D eigenvalue weighted by molar-refractivity contribution is 5.72. The van der Waals surface area contributed by atoms with Crippen LogP contribution in [0.3, 0.4) is 0 Å². The van der Waals surface area contributed by atoms with Gasteiger partial charge in [0.15, 0.2) is 6.10 Å². The molecule has 0 spiro atoms. The molecule has 0 aromatic heterocycles. The molecular formula is C13H18N2O5. The second-order valence-corrected chi connectivity index (χ2v) is 4.68. The number of ether oxygens (including phenoxy) is 1. The van der Waals surface area contributed by atoms with Crippen molar-refractivity contribution in [2.45, 2.75) is 39.5 Å². The first-order valence-corrected chi connectivity index (χ1v) is 6.21. The number of nitrogens with one attached hydrogen (secondary N) is 1. The van der Waals surface area contributed by atoms with Crippen LogP contribution in [0.2, 0.25) is 0 Å². The van der Waals surface area contributed by atoms with Crippen LogP contribution in [0.4, 0.5) is 5.69 Å². The number of nitro benzene ring substituents is 1. The number of hydrogen-bond acceptors (Lipinski definition) is 5. The van der Waals surface area contributed by atoms with Gasteiger partial charge in [-0.15, -0.1) is 0 Å². The normalized spacial score (nSPS) is 12.2. The Kier molecular flexibility index (Phi) is 5.45. The number of benzene rings is 1. The molecule has 110 valence electrons. The lowest BCUT2D eigenvalue weighted by molar-refractivity contribution is -0.384. The van der Waals surface area contributed by atoms with Gasteiger partial charge in [0.2, 0.25) is 0 Å². The molecule has 1 aromatic carbocycles. The number of rotatable bonds is 7. The summed E-state index contributed by atoms with van der Waals surface area (Å²) in [4.78, 5) is 21.1. The van der Waals surface area contributed by atoms with Crippen molar-refractivity contribution in [2.24, 2.45) is 0 Å². The van der Waals surface area contributed by atoms with Crippen molar-refractivity contribution >= 4 is 11.7 Å². The van der Waals surface area contributed by atoms with Crippen LogP contribution in [0.1, 0.15) is 26.3 Å². The summed E-state index contributed by atoms with van der Waals surface area (Å²) in [7, 11) is 0. The molecule has 1 aromatic rings. The molecule has 0 amide bonds. The summed E-state index contributed by atoms with van der Waals surface area (Å²) >= 11 is 0. The highest BCUT2D eigenvalue weighted by Crippen LogP contribution is 2.25. The van der Waals surface area contributed by atoms with E-state index in [9.17, 15) is 14.9 Å². The average molecular weight is 282 g/mol. The molecule has 2 N–H and O–H groups in total. The lowest BCUT2D eigenvalue weighted by Gasteiger charge is -2.15. The third-order valence-corrected chi connectivity index (χ3v) is 2.61. The van der Waals surface area contributed by atoms with Gasteiger partial charge in [-0.25, -0.2) is 4.79 Å². The zero-order valence-corrected chi connectivity index (χ0v) is 11.6. The van der Waals surface area contributed by atoms with E-state index in [0.717, 1.165) is 0 Å². The van der Waals surface area contributed by atoms with Crippen molar-refractivity contribution in [3.8, 4) is 5.75 Å². The molecule has 0 radical (unpaired) electrons. The molecule has 7 heteroatoms. The van der Waals surface area contributed by atoms with Gasteiger partial charge in [0, 0.05) is 30.3 Å². The topological polar surface area (TPSA) is 102 Å². The lowest BCUT2D eigenvalue weighted by atomic mass is 10.1. The van der Waals surface area contributed by atoms with Crippen molar-refractivity contribution in [1.29, 1.82) is 0 Å². The van der Waals surface area contributed by atoms with E-state index in [-0.39, 0.29) is 11.7 Å². The molecule has 7 nitrogen and oxygen atoms in total. The maximum Gasteiger partial charge on any atom is 0.344 e. The summed E-state index contributed by atoms with van der Waals surface area (Å²) in [5.74, 6) is -0.759. The highest BCUT2D eigenvalue weighted by Gasteiger charge is 2.17. The Hall–Kier alpha value is -2.15. The second kappa shape index (κ2) is 6.85. The van der Waals surface area contributed by atoms with Gasteiger partial charge in [0.05, 0.1) is 4.92 Å². The van der Waals surface area contributed by atoms with Gasteiger partial charge in [0.25, 0.3) is 5.69 Å². The molecular weight excluding hydrogens is 264 g/mol. The monoisotopic (exact) mass is 282 g/mol. The van der Waals surface area contributed by atoms with Crippen molar-refractivity contribution < 1.29 is 19.6 Å². The van der Waals surface area contributed by atoms with Gasteiger partial charge in [-0.2, -0.15) is 0 Å². The number of non-ortho nitro benzene ring substituents is 1. The highest BCUT2D eigenvalue weighted by atomic mass is 16.6. The molecule has 20 heavy (non-hydrogen) atoms. The SMILES string of the molecule is CC(C)NCc1cc([N+](=O)[O-])ccc1OC(C)C(=O)O. The van der Waals surface area contributed by atoms with Gasteiger partial charge in [-0.1, -0.05) is 13.8 Å². The maximum atomic E-state index is 10.8. The molecule has 1 atom stereocenters. The summed E-state index contributed by atoms with van der Waals surface area (Å²) in [5.41, 5.74) is 0.502. The van der Waals surface area contributed by atoms with Crippen molar-refractivity contribution in [1.82, 2.24) is 5.32 Å². The molecule has 0 saturated carbocycles. The third-order valence-electron chi connectivity index (χ3n) is 2.61. The van der Waals surface area contributed by atoms with E-state index in [1.54, 1.807) is 0 Å². The van der Waals surface area contributed by atoms with Crippen LogP contribution >= 0.6 is 0 Å². The Labute approximate surface area is 116 Å². The Morgan fingerprint density at radius 3 is 2.60 bits per heavy atom. The minimum Gasteiger partial charge on any atom is -0.479 e. The van der Waals surface area contributed by atoms with Crippen molar-refractivity contribution in [2.75, 3.05) is 0 Å². The largest absolute Gasteiger partial charge is 0.479 e. The van der Waals surface area contributed by atoms with Crippen molar-refractivity contribution in [3.63, 3.8) is 0 Å². The Balaban J connectivity index is 3.01. The van der Waals surface area contributed by atoms with Crippen molar-refractivity contribution in [3.05, 3.63) is 33.9 Å². The zero-order chi connectivity index (χ0) is 15.3. The Bertz CT molecular complexity index is 502.